The van der Waals surface area contributed by atoms with E-state index in [-0.39, 0.29) is 6.61 Å². The summed E-state index contributed by atoms with van der Waals surface area (Å²) in [5, 5.41) is 8.05. The van der Waals surface area contributed by atoms with E-state index in [2.05, 4.69) is 14.5 Å². The van der Waals surface area contributed by atoms with Gasteiger partial charge in [-0.15, -0.1) is 0 Å². The van der Waals surface area contributed by atoms with Crippen molar-refractivity contribution in [2.24, 2.45) is 0 Å². The Labute approximate surface area is 70.5 Å². The monoisotopic (exact) mass is 176 g/mol. The second kappa shape index (κ2) is 7.87. The average molecular weight is 176 g/mol. The van der Waals surface area contributed by atoms with E-state index in [9.17, 15) is 4.79 Å². The molecule has 70 valence electrons. The van der Waals surface area contributed by atoms with Crippen LogP contribution in [-0.2, 0) is 14.5 Å². The van der Waals surface area contributed by atoms with E-state index in [1.165, 1.54) is 6.26 Å². The molecule has 0 aliphatic rings. The molecule has 0 atom stereocenters. The quantitative estimate of drug-likeness (QED) is 0.219. The Morgan fingerprint density at radius 3 is 2.83 bits per heavy atom. The highest BCUT2D eigenvalue weighted by Gasteiger charge is 1.94. The van der Waals surface area contributed by atoms with E-state index in [1.54, 1.807) is 13.0 Å². The van der Waals surface area contributed by atoms with Crippen LogP contribution in [0.3, 0.4) is 0 Å². The molecule has 0 aromatic heterocycles. The maximum Gasteiger partial charge on any atom is 0.505 e. The molecule has 1 N–H and O–H groups in total. The third-order valence-electron chi connectivity index (χ3n) is 0.857. The predicted octanol–water partition coefficient (Wildman–Crippen LogP) is 1.55. The van der Waals surface area contributed by atoms with Crippen LogP contribution in [0.4, 0.5) is 4.79 Å². The van der Waals surface area contributed by atoms with Crippen molar-refractivity contribution in [3.63, 3.8) is 0 Å². The van der Waals surface area contributed by atoms with Gasteiger partial charge in [0, 0.05) is 6.42 Å². The van der Waals surface area contributed by atoms with Crippen LogP contribution in [0.2, 0.25) is 0 Å². The van der Waals surface area contributed by atoms with E-state index in [4.69, 9.17) is 5.11 Å². The van der Waals surface area contributed by atoms with E-state index >= 15 is 0 Å². The zero-order valence-corrected chi connectivity index (χ0v) is 6.86. The number of hydrogen-bond donors (Lipinski definition) is 1. The lowest BCUT2D eigenvalue weighted by Crippen LogP contribution is -2.04. The largest absolute Gasteiger partial charge is 0.505 e. The van der Waals surface area contributed by atoms with Gasteiger partial charge >= 0.3 is 6.16 Å². The van der Waals surface area contributed by atoms with E-state index in [1.807, 2.05) is 0 Å². The van der Waals surface area contributed by atoms with Gasteiger partial charge in [-0.3, -0.25) is 0 Å². The fraction of sp³-hybridized carbons (Fsp3) is 0.571. The number of rotatable bonds is 6. The first-order valence-electron chi connectivity index (χ1n) is 3.52. The van der Waals surface area contributed by atoms with Crippen molar-refractivity contribution < 1.29 is 24.4 Å². The molecule has 5 heteroatoms. The Bertz CT molecular complexity index is 143. The number of carbonyl (C=O) groups is 1. The van der Waals surface area contributed by atoms with E-state index in [0.717, 1.165) is 0 Å². The SMILES string of the molecule is C/C=C\OOCCCOC(=O)O. The lowest BCUT2D eigenvalue weighted by atomic mass is 10.5. The molecule has 0 aliphatic heterocycles. The summed E-state index contributed by atoms with van der Waals surface area (Å²) in [5.41, 5.74) is 0. The molecule has 0 rings (SSSR count). The predicted molar refractivity (Wildman–Crippen MR) is 40.4 cm³/mol. The van der Waals surface area contributed by atoms with Crippen LogP contribution in [-0.4, -0.2) is 24.5 Å². The minimum absolute atomic E-state index is 0.120. The van der Waals surface area contributed by atoms with Crippen molar-refractivity contribution in [1.29, 1.82) is 0 Å². The van der Waals surface area contributed by atoms with Gasteiger partial charge in [-0.1, -0.05) is 0 Å². The van der Waals surface area contributed by atoms with Crippen molar-refractivity contribution >= 4 is 6.16 Å². The van der Waals surface area contributed by atoms with Crippen LogP contribution in [0.1, 0.15) is 13.3 Å². The molecule has 0 fully saturated rings. The Balaban J connectivity index is 2.96. The smallest absolute Gasteiger partial charge is 0.450 e. The zero-order chi connectivity index (χ0) is 9.23. The molecule has 0 unspecified atom stereocenters. The normalized spacial score (nSPS) is 10.1. The summed E-state index contributed by atoms with van der Waals surface area (Å²) in [6, 6.07) is 0. The van der Waals surface area contributed by atoms with Gasteiger partial charge in [-0.2, -0.15) is 4.89 Å². The number of allylic oxidation sites excluding steroid dienone is 1. The van der Waals surface area contributed by atoms with Crippen LogP contribution in [0.25, 0.3) is 0 Å². The van der Waals surface area contributed by atoms with Crippen molar-refractivity contribution in [1.82, 2.24) is 0 Å². The van der Waals surface area contributed by atoms with Gasteiger partial charge in [0.1, 0.15) is 6.26 Å². The lowest BCUT2D eigenvalue weighted by molar-refractivity contribution is -0.250. The fourth-order valence-corrected chi connectivity index (χ4v) is 0.420. The summed E-state index contributed by atoms with van der Waals surface area (Å²) < 4.78 is 4.21. The van der Waals surface area contributed by atoms with Gasteiger partial charge in [0.2, 0.25) is 0 Å². The van der Waals surface area contributed by atoms with Crippen LogP contribution < -0.4 is 0 Å². The summed E-state index contributed by atoms with van der Waals surface area (Å²) in [4.78, 5) is 18.9. The van der Waals surface area contributed by atoms with Gasteiger partial charge in [-0.25, -0.2) is 4.79 Å². The van der Waals surface area contributed by atoms with Gasteiger partial charge < -0.3 is 14.7 Å². The van der Waals surface area contributed by atoms with Crippen molar-refractivity contribution in [3.05, 3.63) is 12.3 Å². The van der Waals surface area contributed by atoms with Gasteiger partial charge in [-0.05, 0) is 13.0 Å². The van der Waals surface area contributed by atoms with Crippen molar-refractivity contribution in [2.75, 3.05) is 13.2 Å². The van der Waals surface area contributed by atoms with E-state index < -0.39 is 6.16 Å². The maximum atomic E-state index is 9.83. The third-order valence-corrected chi connectivity index (χ3v) is 0.857. The van der Waals surface area contributed by atoms with Gasteiger partial charge in [0.15, 0.2) is 0 Å². The Morgan fingerprint density at radius 2 is 2.25 bits per heavy atom. The molecule has 0 aromatic rings. The molecule has 0 spiro atoms. The molecule has 0 aliphatic carbocycles. The Morgan fingerprint density at radius 1 is 1.50 bits per heavy atom. The molecule has 5 nitrogen and oxygen atoms in total. The molecule has 0 aromatic carbocycles. The molecule has 0 saturated carbocycles. The van der Waals surface area contributed by atoms with Crippen LogP contribution >= 0.6 is 0 Å². The minimum Gasteiger partial charge on any atom is -0.450 e. The van der Waals surface area contributed by atoms with Crippen molar-refractivity contribution in [3.8, 4) is 0 Å². The molecule has 0 heterocycles. The summed E-state index contributed by atoms with van der Waals surface area (Å²) in [6.07, 6.45) is 2.26. The first kappa shape index (κ1) is 10.8. The molecule has 12 heavy (non-hydrogen) atoms. The van der Waals surface area contributed by atoms with Crippen molar-refractivity contribution in [2.45, 2.75) is 13.3 Å². The third kappa shape index (κ3) is 8.77. The average Bonchev–Trinajstić information content (AvgIpc) is 2.02. The van der Waals surface area contributed by atoms with Crippen LogP contribution in [0.15, 0.2) is 12.3 Å². The van der Waals surface area contributed by atoms with Gasteiger partial charge in [0.25, 0.3) is 0 Å². The summed E-state index contributed by atoms with van der Waals surface area (Å²) in [7, 11) is 0. The molecule has 0 saturated heterocycles. The molecule has 0 radical (unpaired) electrons. The Hall–Kier alpha value is -1.23. The molecular weight excluding hydrogens is 164 g/mol. The summed E-state index contributed by atoms with van der Waals surface area (Å²) in [6.45, 7) is 2.21. The maximum absolute atomic E-state index is 9.83. The fourth-order valence-electron chi connectivity index (χ4n) is 0.420. The second-order valence-corrected chi connectivity index (χ2v) is 1.86. The summed E-state index contributed by atoms with van der Waals surface area (Å²) >= 11 is 0. The summed E-state index contributed by atoms with van der Waals surface area (Å²) in [5.74, 6) is 0. The van der Waals surface area contributed by atoms with Gasteiger partial charge in [0.05, 0.1) is 13.2 Å². The minimum atomic E-state index is -1.27. The number of hydrogen-bond acceptors (Lipinski definition) is 4. The number of ether oxygens (including phenoxy) is 1. The Kier molecular flexibility index (Phi) is 7.07. The molecule has 0 bridgehead atoms. The highest BCUT2D eigenvalue weighted by Crippen LogP contribution is 1.87. The highest BCUT2D eigenvalue weighted by molar-refractivity contribution is 5.56. The number of carboxylic acid groups (broad SMARTS) is 1. The second-order valence-electron chi connectivity index (χ2n) is 1.86. The lowest BCUT2D eigenvalue weighted by Gasteiger charge is -2.00. The highest BCUT2D eigenvalue weighted by atomic mass is 17.2. The standard InChI is InChI=1S/C7H12O5/c1-2-4-11-12-6-3-5-10-7(8)9/h2,4H,3,5-6H2,1H3,(H,8,9)/b4-2-. The zero-order valence-electron chi connectivity index (χ0n) is 6.86. The molecule has 0 amide bonds. The first-order valence-corrected chi connectivity index (χ1v) is 3.52. The topological polar surface area (TPSA) is 65.0 Å². The molecular formula is C7H12O5. The van der Waals surface area contributed by atoms with E-state index in [0.29, 0.717) is 13.0 Å². The van der Waals surface area contributed by atoms with Crippen LogP contribution in [0, 0.1) is 0 Å². The first-order chi connectivity index (χ1) is 5.77. The van der Waals surface area contributed by atoms with Crippen LogP contribution in [0.5, 0.6) is 0 Å².